The van der Waals surface area contributed by atoms with Gasteiger partial charge in [-0.05, 0) is 42.6 Å². The fourth-order valence-electron chi connectivity index (χ4n) is 1.81. The Hall–Kier alpha value is -1.55. The second kappa shape index (κ2) is 6.57. The van der Waals surface area contributed by atoms with Crippen LogP contribution in [0.3, 0.4) is 0 Å². The molecule has 106 valence electrons. The van der Waals surface area contributed by atoms with Crippen LogP contribution in [0.1, 0.15) is 30.6 Å². The largest absolute Gasteiger partial charge is 0.378 e. The average molecular weight is 263 g/mol. The molecule has 1 amide bonds. The molecule has 0 unspecified atom stereocenters. The van der Waals surface area contributed by atoms with Crippen LogP contribution >= 0.6 is 0 Å². The molecule has 1 rings (SSSR count). The van der Waals surface area contributed by atoms with Crippen LogP contribution in [0, 0.1) is 5.41 Å². The number of hydrogen-bond acceptors (Lipinski definition) is 3. The number of anilines is 1. The van der Waals surface area contributed by atoms with E-state index in [1.165, 1.54) is 0 Å². The smallest absolute Gasteiger partial charge is 0.251 e. The molecule has 0 atom stereocenters. The molecule has 1 aromatic carbocycles. The van der Waals surface area contributed by atoms with E-state index in [0.29, 0.717) is 18.7 Å². The molecule has 0 aromatic heterocycles. The first kappa shape index (κ1) is 15.5. The molecule has 0 aliphatic heterocycles. The third kappa shape index (κ3) is 4.91. The van der Waals surface area contributed by atoms with Crippen LogP contribution in [0.2, 0.25) is 0 Å². The van der Waals surface area contributed by atoms with Crippen molar-refractivity contribution in [1.82, 2.24) is 5.32 Å². The zero-order valence-electron chi connectivity index (χ0n) is 12.4. The van der Waals surface area contributed by atoms with Crippen molar-refractivity contribution in [3.63, 3.8) is 0 Å². The highest BCUT2D eigenvalue weighted by molar-refractivity contribution is 5.94. The minimum atomic E-state index is -0.0320. The third-order valence-electron chi connectivity index (χ3n) is 3.19. The molecule has 4 nitrogen and oxygen atoms in total. The second-order valence-electron chi connectivity index (χ2n) is 5.83. The van der Waals surface area contributed by atoms with Crippen molar-refractivity contribution in [3.8, 4) is 0 Å². The van der Waals surface area contributed by atoms with E-state index in [9.17, 15) is 4.79 Å². The van der Waals surface area contributed by atoms with E-state index in [1.807, 2.05) is 43.3 Å². The third-order valence-corrected chi connectivity index (χ3v) is 3.19. The first-order valence-electron chi connectivity index (χ1n) is 6.61. The van der Waals surface area contributed by atoms with Gasteiger partial charge in [-0.15, -0.1) is 0 Å². The summed E-state index contributed by atoms with van der Waals surface area (Å²) in [5.41, 5.74) is 7.37. The number of benzene rings is 1. The van der Waals surface area contributed by atoms with Crippen LogP contribution in [0.5, 0.6) is 0 Å². The molecule has 0 fully saturated rings. The Balaban J connectivity index is 2.59. The molecule has 0 spiro atoms. The number of nitrogens with two attached hydrogens (primary N) is 1. The lowest BCUT2D eigenvalue weighted by Crippen LogP contribution is -2.35. The zero-order valence-corrected chi connectivity index (χ0v) is 12.4. The Morgan fingerprint density at radius 2 is 1.84 bits per heavy atom. The first-order valence-corrected chi connectivity index (χ1v) is 6.61. The van der Waals surface area contributed by atoms with Crippen molar-refractivity contribution in [3.05, 3.63) is 29.8 Å². The Morgan fingerprint density at radius 1 is 1.26 bits per heavy atom. The summed E-state index contributed by atoms with van der Waals surface area (Å²) in [5, 5.41) is 2.96. The summed E-state index contributed by atoms with van der Waals surface area (Å²) in [7, 11) is 3.95. The summed E-state index contributed by atoms with van der Waals surface area (Å²) in [5.74, 6) is -0.0320. The molecule has 0 radical (unpaired) electrons. The van der Waals surface area contributed by atoms with Crippen molar-refractivity contribution in [2.75, 3.05) is 32.1 Å². The molecule has 0 aliphatic rings. The maximum Gasteiger partial charge on any atom is 0.251 e. The van der Waals surface area contributed by atoms with Crippen LogP contribution in [-0.2, 0) is 0 Å². The standard InChI is InChI=1S/C15H25N3O/c1-15(2,9-10-16)11-17-14(19)12-5-7-13(8-6-12)18(3)4/h5-8H,9-11,16H2,1-4H3,(H,17,19). The molecule has 4 heteroatoms. The Kier molecular flexibility index (Phi) is 5.36. The lowest BCUT2D eigenvalue weighted by Gasteiger charge is -2.24. The summed E-state index contributed by atoms with van der Waals surface area (Å²) in [6, 6.07) is 7.58. The van der Waals surface area contributed by atoms with Gasteiger partial charge in [-0.1, -0.05) is 13.8 Å². The summed E-state index contributed by atoms with van der Waals surface area (Å²) in [6.45, 7) is 5.49. The van der Waals surface area contributed by atoms with Gasteiger partial charge >= 0.3 is 0 Å². The van der Waals surface area contributed by atoms with Crippen molar-refractivity contribution < 1.29 is 4.79 Å². The van der Waals surface area contributed by atoms with Gasteiger partial charge < -0.3 is 16.0 Å². The van der Waals surface area contributed by atoms with Gasteiger partial charge in [0.25, 0.3) is 5.91 Å². The van der Waals surface area contributed by atoms with Gasteiger partial charge in [-0.25, -0.2) is 0 Å². The molecular weight excluding hydrogens is 238 g/mol. The van der Waals surface area contributed by atoms with E-state index in [2.05, 4.69) is 19.2 Å². The van der Waals surface area contributed by atoms with Crippen molar-refractivity contribution in [2.45, 2.75) is 20.3 Å². The van der Waals surface area contributed by atoms with E-state index in [4.69, 9.17) is 5.73 Å². The van der Waals surface area contributed by atoms with E-state index in [1.54, 1.807) is 0 Å². The van der Waals surface area contributed by atoms with Crippen LogP contribution < -0.4 is 16.0 Å². The molecule has 0 bridgehead atoms. The van der Waals surface area contributed by atoms with Crippen molar-refractivity contribution in [2.24, 2.45) is 11.1 Å². The van der Waals surface area contributed by atoms with Gasteiger partial charge in [-0.2, -0.15) is 0 Å². The highest BCUT2D eigenvalue weighted by atomic mass is 16.1. The van der Waals surface area contributed by atoms with Gasteiger partial charge in [-0.3, -0.25) is 4.79 Å². The summed E-state index contributed by atoms with van der Waals surface area (Å²) < 4.78 is 0. The van der Waals surface area contributed by atoms with Crippen LogP contribution in [0.15, 0.2) is 24.3 Å². The molecule has 0 saturated heterocycles. The van der Waals surface area contributed by atoms with E-state index in [0.717, 1.165) is 12.1 Å². The van der Waals surface area contributed by atoms with Gasteiger partial charge in [0, 0.05) is 31.9 Å². The predicted molar refractivity (Wildman–Crippen MR) is 80.6 cm³/mol. The summed E-state index contributed by atoms with van der Waals surface area (Å²) >= 11 is 0. The normalized spacial score (nSPS) is 11.2. The molecular formula is C15H25N3O. The van der Waals surface area contributed by atoms with Gasteiger partial charge in [0.15, 0.2) is 0 Å². The fourth-order valence-corrected chi connectivity index (χ4v) is 1.81. The Morgan fingerprint density at radius 3 is 2.32 bits per heavy atom. The van der Waals surface area contributed by atoms with Crippen LogP contribution in [0.25, 0.3) is 0 Å². The molecule has 0 heterocycles. The average Bonchev–Trinajstić information content (AvgIpc) is 2.36. The fraction of sp³-hybridized carbons (Fsp3) is 0.533. The number of nitrogens with zero attached hydrogens (tertiary/aromatic N) is 1. The number of rotatable bonds is 6. The van der Waals surface area contributed by atoms with Crippen LogP contribution in [0.4, 0.5) is 5.69 Å². The predicted octanol–water partition coefficient (Wildman–Crippen LogP) is 1.86. The number of amides is 1. The van der Waals surface area contributed by atoms with Gasteiger partial charge in [0.1, 0.15) is 0 Å². The quantitative estimate of drug-likeness (QED) is 0.823. The van der Waals surface area contributed by atoms with E-state index in [-0.39, 0.29) is 11.3 Å². The van der Waals surface area contributed by atoms with Gasteiger partial charge in [0.2, 0.25) is 0 Å². The minimum absolute atomic E-state index is 0.0320. The highest BCUT2D eigenvalue weighted by Gasteiger charge is 2.18. The molecule has 3 N–H and O–H groups in total. The number of nitrogens with one attached hydrogen (secondary N) is 1. The Labute approximate surface area is 116 Å². The lowest BCUT2D eigenvalue weighted by molar-refractivity contribution is 0.0935. The number of carbonyl (C=O) groups is 1. The molecule has 0 saturated carbocycles. The topological polar surface area (TPSA) is 58.4 Å². The highest BCUT2D eigenvalue weighted by Crippen LogP contribution is 2.18. The SMILES string of the molecule is CN(C)c1ccc(C(=O)NCC(C)(C)CCN)cc1. The van der Waals surface area contributed by atoms with E-state index >= 15 is 0 Å². The molecule has 19 heavy (non-hydrogen) atoms. The lowest BCUT2D eigenvalue weighted by atomic mass is 9.89. The summed E-state index contributed by atoms with van der Waals surface area (Å²) in [6.07, 6.45) is 0.896. The maximum atomic E-state index is 12.0. The first-order chi connectivity index (χ1) is 8.85. The summed E-state index contributed by atoms with van der Waals surface area (Å²) in [4.78, 5) is 14.0. The number of carbonyl (C=O) groups excluding carboxylic acids is 1. The number of hydrogen-bond donors (Lipinski definition) is 2. The zero-order chi connectivity index (χ0) is 14.5. The minimum Gasteiger partial charge on any atom is -0.378 e. The second-order valence-corrected chi connectivity index (χ2v) is 5.83. The van der Waals surface area contributed by atoms with Crippen molar-refractivity contribution >= 4 is 11.6 Å². The Bertz CT molecular complexity index is 410. The van der Waals surface area contributed by atoms with Gasteiger partial charge in [0.05, 0.1) is 0 Å². The molecule has 0 aliphatic carbocycles. The van der Waals surface area contributed by atoms with Crippen molar-refractivity contribution in [1.29, 1.82) is 0 Å². The maximum absolute atomic E-state index is 12.0. The van der Waals surface area contributed by atoms with Crippen LogP contribution in [-0.4, -0.2) is 33.1 Å². The molecule has 1 aromatic rings. The van der Waals surface area contributed by atoms with E-state index < -0.39 is 0 Å². The monoisotopic (exact) mass is 263 g/mol.